The zero-order valence-corrected chi connectivity index (χ0v) is 25.5. The van der Waals surface area contributed by atoms with E-state index in [-0.39, 0.29) is 10.7 Å². The first-order valence-corrected chi connectivity index (χ1v) is 15.4. The SMILES string of the molecule is COc1ccccc1C1c2sc(=O)n(CC(=O)Nc3ccccc3C(F)(F)F)c2SC2C(=O)N(c3cccc(C(F)(F)F)c3)C(=O)C21. The summed E-state index contributed by atoms with van der Waals surface area (Å²) in [4.78, 5) is 54.6. The number of rotatable bonds is 6. The van der Waals surface area contributed by atoms with Crippen molar-refractivity contribution in [3.63, 3.8) is 0 Å². The van der Waals surface area contributed by atoms with E-state index in [0.29, 0.717) is 38.5 Å². The van der Waals surface area contributed by atoms with Gasteiger partial charge in [-0.1, -0.05) is 59.5 Å². The second-order valence-corrected chi connectivity index (χ2v) is 12.7. The topological polar surface area (TPSA) is 97.7 Å². The van der Waals surface area contributed by atoms with Gasteiger partial charge < -0.3 is 10.1 Å². The number of thiazole rings is 1. The number of hydrogen-bond acceptors (Lipinski definition) is 7. The Hall–Kier alpha value is -4.57. The molecular weight excluding hydrogens is 672 g/mol. The van der Waals surface area contributed by atoms with Crippen LogP contribution in [0.4, 0.5) is 37.7 Å². The number of benzene rings is 3. The summed E-state index contributed by atoms with van der Waals surface area (Å²) in [5.74, 6) is -4.44. The van der Waals surface area contributed by atoms with Crippen molar-refractivity contribution in [1.82, 2.24) is 4.57 Å². The number of methoxy groups -OCH3 is 1. The Bertz CT molecular complexity index is 1970. The first-order valence-electron chi connectivity index (χ1n) is 13.7. The standard InChI is InChI=1S/C31H21F6N3O5S2/c1-45-20-12-5-2-9-17(20)22-23-24(27(43)40(26(23)42)16-8-6-7-15(13-16)30(32,33)34)46-28-25(22)47-29(44)39(28)14-21(41)38-19-11-4-3-10-18(19)31(35,36)37/h2-13,22-24H,14H2,1H3,(H,38,41). The van der Waals surface area contributed by atoms with E-state index in [2.05, 4.69) is 5.32 Å². The average molecular weight is 694 g/mol. The molecule has 47 heavy (non-hydrogen) atoms. The maximum Gasteiger partial charge on any atom is 0.418 e. The van der Waals surface area contributed by atoms with E-state index in [1.54, 1.807) is 24.3 Å². The lowest BCUT2D eigenvalue weighted by atomic mass is 9.82. The fourth-order valence-electron chi connectivity index (χ4n) is 5.76. The van der Waals surface area contributed by atoms with Gasteiger partial charge in [-0.15, -0.1) is 0 Å². The summed E-state index contributed by atoms with van der Waals surface area (Å²) in [5, 5.41) is 1.09. The van der Waals surface area contributed by atoms with Crippen molar-refractivity contribution in [2.24, 2.45) is 5.92 Å². The van der Waals surface area contributed by atoms with Crippen molar-refractivity contribution in [3.8, 4) is 5.75 Å². The molecule has 3 unspecified atom stereocenters. The number of aromatic nitrogens is 1. The molecule has 6 rings (SSSR count). The van der Waals surface area contributed by atoms with Gasteiger partial charge in [0.1, 0.15) is 17.5 Å². The van der Waals surface area contributed by atoms with Crippen LogP contribution in [-0.2, 0) is 33.3 Å². The lowest BCUT2D eigenvalue weighted by Gasteiger charge is -2.31. The molecule has 3 heterocycles. The summed E-state index contributed by atoms with van der Waals surface area (Å²) in [6.45, 7) is -0.723. The van der Waals surface area contributed by atoms with E-state index in [4.69, 9.17) is 4.74 Å². The van der Waals surface area contributed by atoms with Crippen molar-refractivity contribution in [2.45, 2.75) is 35.1 Å². The molecule has 244 valence electrons. The first-order chi connectivity index (χ1) is 22.2. The molecule has 1 aromatic heterocycles. The van der Waals surface area contributed by atoms with Gasteiger partial charge in [-0.25, -0.2) is 4.90 Å². The van der Waals surface area contributed by atoms with Gasteiger partial charge >= 0.3 is 17.2 Å². The van der Waals surface area contributed by atoms with E-state index in [1.807, 2.05) is 0 Å². The fraction of sp³-hybridized carbons (Fsp3) is 0.226. The van der Waals surface area contributed by atoms with Crippen molar-refractivity contribution in [1.29, 1.82) is 0 Å². The number of fused-ring (bicyclic) bond motifs is 2. The van der Waals surface area contributed by atoms with Gasteiger partial charge in [0.05, 0.1) is 40.6 Å². The zero-order chi connectivity index (χ0) is 33.8. The van der Waals surface area contributed by atoms with E-state index in [1.165, 1.54) is 19.2 Å². The summed E-state index contributed by atoms with van der Waals surface area (Å²) in [7, 11) is 1.38. The first kappa shape index (κ1) is 32.4. The minimum Gasteiger partial charge on any atom is -0.496 e. The Morgan fingerprint density at radius 3 is 2.30 bits per heavy atom. The molecule has 0 aliphatic carbocycles. The molecular formula is C31H21F6N3O5S2. The molecule has 2 aliphatic heterocycles. The highest BCUT2D eigenvalue weighted by molar-refractivity contribution is 8.00. The van der Waals surface area contributed by atoms with E-state index in [9.17, 15) is 45.5 Å². The monoisotopic (exact) mass is 693 g/mol. The highest BCUT2D eigenvalue weighted by atomic mass is 32.2. The summed E-state index contributed by atoms with van der Waals surface area (Å²) in [6, 6.07) is 14.6. The van der Waals surface area contributed by atoms with Crippen molar-refractivity contribution in [2.75, 3.05) is 17.3 Å². The molecule has 4 aromatic rings. The molecule has 16 heteroatoms. The van der Waals surface area contributed by atoms with Crippen LogP contribution in [0, 0.1) is 5.92 Å². The minimum absolute atomic E-state index is 0.128. The van der Waals surface area contributed by atoms with E-state index < -0.39 is 75.4 Å². The maximum atomic E-state index is 14.0. The lowest BCUT2D eigenvalue weighted by molar-refractivity contribution is -0.138. The number of nitrogens with zero attached hydrogens (tertiary/aromatic N) is 2. The lowest BCUT2D eigenvalue weighted by Crippen LogP contribution is -2.33. The molecule has 0 spiro atoms. The normalized spacial score (nSPS) is 19.4. The summed E-state index contributed by atoms with van der Waals surface area (Å²) in [5.41, 5.74) is -2.55. The van der Waals surface area contributed by atoms with Crippen LogP contribution in [0.3, 0.4) is 0 Å². The van der Waals surface area contributed by atoms with Gasteiger partial charge in [0.15, 0.2) is 0 Å². The molecule has 3 amide bonds. The van der Waals surface area contributed by atoms with Crippen molar-refractivity contribution >= 4 is 52.2 Å². The predicted octanol–water partition coefficient (Wildman–Crippen LogP) is 6.39. The van der Waals surface area contributed by atoms with Gasteiger partial charge in [-0.3, -0.25) is 23.7 Å². The Balaban J connectivity index is 1.42. The number of alkyl halides is 6. The Kier molecular flexibility index (Phi) is 8.20. The number of carbonyl (C=O) groups excluding carboxylic acids is 3. The van der Waals surface area contributed by atoms with Crippen LogP contribution in [0.1, 0.15) is 27.5 Å². The average Bonchev–Trinajstić information content (AvgIpc) is 3.46. The number of halogens is 6. The third kappa shape index (κ3) is 5.79. The quantitative estimate of drug-likeness (QED) is 0.186. The second kappa shape index (κ2) is 11.9. The van der Waals surface area contributed by atoms with Crippen LogP contribution in [-0.4, -0.2) is 34.6 Å². The molecule has 0 saturated carbocycles. The molecule has 0 bridgehead atoms. The maximum absolute atomic E-state index is 14.0. The highest BCUT2D eigenvalue weighted by Gasteiger charge is 2.57. The number of thioether (sulfide) groups is 1. The Morgan fingerprint density at radius 2 is 1.60 bits per heavy atom. The van der Waals surface area contributed by atoms with E-state index in [0.717, 1.165) is 46.7 Å². The van der Waals surface area contributed by atoms with Crippen molar-refractivity contribution in [3.05, 3.63) is 104 Å². The minimum atomic E-state index is -4.77. The van der Waals surface area contributed by atoms with Gasteiger partial charge in [0.25, 0.3) is 0 Å². The van der Waals surface area contributed by atoms with Crippen LogP contribution in [0.15, 0.2) is 82.6 Å². The summed E-state index contributed by atoms with van der Waals surface area (Å²) >= 11 is 1.49. The van der Waals surface area contributed by atoms with Gasteiger partial charge in [0, 0.05) is 16.4 Å². The number of hydrogen-bond donors (Lipinski definition) is 1. The van der Waals surface area contributed by atoms with E-state index >= 15 is 0 Å². The smallest absolute Gasteiger partial charge is 0.418 e. The number of imide groups is 1. The third-order valence-electron chi connectivity index (χ3n) is 7.76. The summed E-state index contributed by atoms with van der Waals surface area (Å²) < 4.78 is 87.7. The van der Waals surface area contributed by atoms with Gasteiger partial charge in [0.2, 0.25) is 17.7 Å². The molecule has 2 aliphatic rings. The molecule has 1 saturated heterocycles. The number of anilines is 2. The van der Waals surface area contributed by atoms with Gasteiger partial charge in [-0.05, 0) is 36.4 Å². The number of nitrogens with one attached hydrogen (secondary N) is 1. The van der Waals surface area contributed by atoms with Crippen LogP contribution in [0.2, 0.25) is 0 Å². The summed E-state index contributed by atoms with van der Waals surface area (Å²) in [6.07, 6.45) is -9.51. The van der Waals surface area contributed by atoms with Crippen LogP contribution < -0.4 is 19.8 Å². The molecule has 0 radical (unpaired) electrons. The third-order valence-corrected chi connectivity index (χ3v) is 10.4. The molecule has 3 aromatic carbocycles. The second-order valence-electron chi connectivity index (χ2n) is 10.6. The predicted molar refractivity (Wildman–Crippen MR) is 161 cm³/mol. The van der Waals surface area contributed by atoms with Gasteiger partial charge in [-0.2, -0.15) is 26.3 Å². The number of para-hydroxylation sites is 2. The van der Waals surface area contributed by atoms with Crippen molar-refractivity contribution < 1.29 is 45.5 Å². The molecule has 8 nitrogen and oxygen atoms in total. The highest BCUT2D eigenvalue weighted by Crippen LogP contribution is 2.55. The largest absolute Gasteiger partial charge is 0.496 e. The van der Waals surface area contributed by atoms with Crippen LogP contribution in [0.25, 0.3) is 0 Å². The van der Waals surface area contributed by atoms with Crippen LogP contribution in [0.5, 0.6) is 5.75 Å². The number of amides is 3. The molecule has 1 N–H and O–H groups in total. The van der Waals surface area contributed by atoms with Crippen LogP contribution >= 0.6 is 23.1 Å². The Labute approximate surface area is 269 Å². The Morgan fingerprint density at radius 1 is 0.894 bits per heavy atom. The zero-order valence-electron chi connectivity index (χ0n) is 23.9. The molecule has 1 fully saturated rings. The number of ether oxygens (including phenoxy) is 1. The number of carbonyl (C=O) groups is 3. The fourth-order valence-corrected chi connectivity index (χ4v) is 8.53. The molecule has 3 atom stereocenters.